The van der Waals surface area contributed by atoms with E-state index in [2.05, 4.69) is 30.4 Å². The minimum absolute atomic E-state index is 0.640. The number of nitrogens with zero attached hydrogens (tertiary/aromatic N) is 4. The lowest BCUT2D eigenvalue weighted by Gasteiger charge is -2.25. The number of aryl methyl sites for hydroxylation is 2. The first-order valence-electron chi connectivity index (χ1n) is 6.06. The number of anilines is 1. The van der Waals surface area contributed by atoms with Crippen molar-refractivity contribution >= 4 is 5.95 Å². The second kappa shape index (κ2) is 4.41. The van der Waals surface area contributed by atoms with Crippen LogP contribution in [0.3, 0.4) is 0 Å². The maximum atomic E-state index is 5.53. The highest BCUT2D eigenvalue weighted by molar-refractivity contribution is 5.52. The van der Waals surface area contributed by atoms with Crippen molar-refractivity contribution in [3.63, 3.8) is 0 Å². The molecule has 0 saturated carbocycles. The first-order valence-corrected chi connectivity index (χ1v) is 6.06. The molecular weight excluding hydrogens is 232 g/mol. The van der Waals surface area contributed by atoms with Crippen LogP contribution in [0.1, 0.15) is 11.6 Å². The Morgan fingerprint density at radius 3 is 2.61 bits per heavy atom. The normalized spacial score (nSPS) is 16.2. The number of aromatic amines is 1. The third-order valence-corrected chi connectivity index (χ3v) is 2.99. The molecule has 0 unspecified atom stereocenters. The predicted octanol–water partition coefficient (Wildman–Crippen LogP) is 0.486. The van der Waals surface area contributed by atoms with Crippen LogP contribution in [0.5, 0.6) is 0 Å². The SMILES string of the molecule is Cc1nc(C)c(-c2nc(N3CCNCC3)n[nH]2)o1. The summed E-state index contributed by atoms with van der Waals surface area (Å²) in [4.78, 5) is 10.9. The quantitative estimate of drug-likeness (QED) is 0.804. The van der Waals surface area contributed by atoms with Crippen molar-refractivity contribution in [2.45, 2.75) is 13.8 Å². The fourth-order valence-corrected chi connectivity index (χ4v) is 2.11. The Morgan fingerprint density at radius 2 is 1.94 bits per heavy atom. The fraction of sp³-hybridized carbons (Fsp3) is 0.545. The van der Waals surface area contributed by atoms with Gasteiger partial charge in [0.2, 0.25) is 5.95 Å². The third-order valence-electron chi connectivity index (χ3n) is 2.99. The van der Waals surface area contributed by atoms with Gasteiger partial charge in [-0.2, -0.15) is 4.98 Å². The lowest BCUT2D eigenvalue weighted by atomic mass is 10.3. The molecule has 3 heterocycles. The first-order chi connectivity index (χ1) is 8.74. The zero-order valence-electron chi connectivity index (χ0n) is 10.5. The molecule has 1 aliphatic heterocycles. The summed E-state index contributed by atoms with van der Waals surface area (Å²) in [6.45, 7) is 7.50. The number of hydrogen-bond donors (Lipinski definition) is 2. The lowest BCUT2D eigenvalue weighted by Crippen LogP contribution is -2.44. The minimum Gasteiger partial charge on any atom is -0.437 e. The van der Waals surface area contributed by atoms with Crippen LogP contribution in [-0.4, -0.2) is 46.3 Å². The zero-order valence-corrected chi connectivity index (χ0v) is 10.5. The molecular formula is C11H16N6O. The fourth-order valence-electron chi connectivity index (χ4n) is 2.11. The van der Waals surface area contributed by atoms with Crippen LogP contribution in [0, 0.1) is 13.8 Å². The minimum atomic E-state index is 0.640. The molecule has 0 amide bonds. The van der Waals surface area contributed by atoms with E-state index in [1.54, 1.807) is 0 Å². The number of hydrogen-bond acceptors (Lipinski definition) is 6. The van der Waals surface area contributed by atoms with E-state index in [0.29, 0.717) is 17.5 Å². The second-order valence-electron chi connectivity index (χ2n) is 4.37. The number of H-pyrrole nitrogens is 1. The maximum absolute atomic E-state index is 5.53. The van der Waals surface area contributed by atoms with Gasteiger partial charge in [0.15, 0.2) is 17.5 Å². The highest BCUT2D eigenvalue weighted by atomic mass is 16.4. The van der Waals surface area contributed by atoms with Crippen molar-refractivity contribution in [1.82, 2.24) is 25.5 Å². The van der Waals surface area contributed by atoms with E-state index in [1.165, 1.54) is 0 Å². The molecule has 0 atom stereocenters. The molecule has 2 N–H and O–H groups in total. The maximum Gasteiger partial charge on any atom is 0.245 e. The van der Waals surface area contributed by atoms with E-state index in [4.69, 9.17) is 4.42 Å². The molecule has 1 fully saturated rings. The molecule has 0 aliphatic carbocycles. The van der Waals surface area contributed by atoms with Gasteiger partial charge < -0.3 is 14.6 Å². The Labute approximate surface area is 105 Å². The Hall–Kier alpha value is -1.89. The molecule has 0 aromatic carbocycles. The van der Waals surface area contributed by atoms with Gasteiger partial charge in [-0.25, -0.2) is 4.98 Å². The molecule has 2 aromatic heterocycles. The summed E-state index contributed by atoms with van der Waals surface area (Å²) in [5, 5.41) is 10.5. The van der Waals surface area contributed by atoms with Crippen molar-refractivity contribution < 1.29 is 4.42 Å². The largest absolute Gasteiger partial charge is 0.437 e. The van der Waals surface area contributed by atoms with Crippen LogP contribution in [0.25, 0.3) is 11.6 Å². The Bertz CT molecular complexity index is 539. The van der Waals surface area contributed by atoms with E-state index < -0.39 is 0 Å². The lowest BCUT2D eigenvalue weighted by molar-refractivity contribution is 0.530. The van der Waals surface area contributed by atoms with Crippen molar-refractivity contribution in [3.8, 4) is 11.6 Å². The molecule has 0 spiro atoms. The molecule has 7 heteroatoms. The number of piperazine rings is 1. The average molecular weight is 248 g/mol. The van der Waals surface area contributed by atoms with Crippen LogP contribution < -0.4 is 10.2 Å². The summed E-state index contributed by atoms with van der Waals surface area (Å²) >= 11 is 0. The van der Waals surface area contributed by atoms with Crippen LogP contribution in [-0.2, 0) is 0 Å². The number of aromatic nitrogens is 4. The van der Waals surface area contributed by atoms with E-state index >= 15 is 0 Å². The van der Waals surface area contributed by atoms with Gasteiger partial charge in [-0.1, -0.05) is 0 Å². The van der Waals surface area contributed by atoms with E-state index in [-0.39, 0.29) is 0 Å². The average Bonchev–Trinajstić information content (AvgIpc) is 2.97. The van der Waals surface area contributed by atoms with E-state index in [9.17, 15) is 0 Å². The van der Waals surface area contributed by atoms with Crippen molar-refractivity contribution in [1.29, 1.82) is 0 Å². The van der Waals surface area contributed by atoms with Gasteiger partial charge in [0, 0.05) is 33.1 Å². The summed E-state index contributed by atoms with van der Waals surface area (Å²) < 4.78 is 5.53. The zero-order chi connectivity index (χ0) is 12.5. The first kappa shape index (κ1) is 11.2. The highest BCUT2D eigenvalue weighted by Crippen LogP contribution is 2.22. The molecule has 1 aliphatic rings. The van der Waals surface area contributed by atoms with Crippen molar-refractivity contribution in [2.75, 3.05) is 31.1 Å². The molecule has 2 aromatic rings. The Balaban J connectivity index is 1.86. The number of rotatable bonds is 2. The summed E-state index contributed by atoms with van der Waals surface area (Å²) in [5.41, 5.74) is 0.829. The second-order valence-corrected chi connectivity index (χ2v) is 4.37. The van der Waals surface area contributed by atoms with Crippen LogP contribution in [0.4, 0.5) is 5.95 Å². The van der Waals surface area contributed by atoms with Gasteiger partial charge in [0.1, 0.15) is 0 Å². The smallest absolute Gasteiger partial charge is 0.245 e. The molecule has 96 valence electrons. The van der Waals surface area contributed by atoms with Gasteiger partial charge >= 0.3 is 0 Å². The molecule has 18 heavy (non-hydrogen) atoms. The Morgan fingerprint density at radius 1 is 1.17 bits per heavy atom. The molecule has 0 bridgehead atoms. The topological polar surface area (TPSA) is 82.9 Å². The van der Waals surface area contributed by atoms with Gasteiger partial charge in [-0.3, -0.25) is 5.10 Å². The van der Waals surface area contributed by atoms with Gasteiger partial charge in [0.05, 0.1) is 5.69 Å². The van der Waals surface area contributed by atoms with Crippen LogP contribution in [0.2, 0.25) is 0 Å². The summed E-state index contributed by atoms with van der Waals surface area (Å²) in [6.07, 6.45) is 0. The van der Waals surface area contributed by atoms with Crippen molar-refractivity contribution in [2.24, 2.45) is 0 Å². The van der Waals surface area contributed by atoms with Crippen LogP contribution >= 0.6 is 0 Å². The molecule has 0 radical (unpaired) electrons. The van der Waals surface area contributed by atoms with Gasteiger partial charge in [-0.15, -0.1) is 5.10 Å². The number of oxazole rings is 1. The molecule has 7 nitrogen and oxygen atoms in total. The van der Waals surface area contributed by atoms with Crippen molar-refractivity contribution in [3.05, 3.63) is 11.6 Å². The Kier molecular flexibility index (Phi) is 2.75. The molecule has 1 saturated heterocycles. The summed E-state index contributed by atoms with van der Waals surface area (Å²) in [6, 6.07) is 0. The third kappa shape index (κ3) is 1.97. The summed E-state index contributed by atoms with van der Waals surface area (Å²) in [5.74, 6) is 2.67. The van der Waals surface area contributed by atoms with E-state index in [1.807, 2.05) is 13.8 Å². The summed E-state index contributed by atoms with van der Waals surface area (Å²) in [7, 11) is 0. The number of nitrogens with one attached hydrogen (secondary N) is 2. The monoisotopic (exact) mass is 248 g/mol. The standard InChI is InChI=1S/C11H16N6O/c1-7-9(18-8(2)13-7)10-14-11(16-15-10)17-5-3-12-4-6-17/h12H,3-6H2,1-2H3,(H,14,15,16). The predicted molar refractivity (Wildman–Crippen MR) is 66.4 cm³/mol. The van der Waals surface area contributed by atoms with Gasteiger partial charge in [-0.05, 0) is 6.92 Å². The van der Waals surface area contributed by atoms with E-state index in [0.717, 1.165) is 37.8 Å². The molecule has 3 rings (SSSR count). The van der Waals surface area contributed by atoms with Crippen LogP contribution in [0.15, 0.2) is 4.42 Å². The highest BCUT2D eigenvalue weighted by Gasteiger charge is 2.18. The van der Waals surface area contributed by atoms with Gasteiger partial charge in [0.25, 0.3) is 0 Å².